The molecule has 0 spiro atoms. The number of fused-ring (bicyclic) bond motifs is 1. The summed E-state index contributed by atoms with van der Waals surface area (Å²) >= 11 is 0. The topological polar surface area (TPSA) is 52.6 Å². The molecule has 19 heavy (non-hydrogen) atoms. The zero-order valence-electron chi connectivity index (χ0n) is 11.4. The molecular formula is C13H19N5O. The third-order valence-electron chi connectivity index (χ3n) is 4.01. The summed E-state index contributed by atoms with van der Waals surface area (Å²) in [6, 6.07) is 2.61. The van der Waals surface area contributed by atoms with Crippen LogP contribution >= 0.6 is 0 Å². The number of aromatic nitrogens is 2. The van der Waals surface area contributed by atoms with Crippen molar-refractivity contribution in [3.63, 3.8) is 0 Å². The Morgan fingerprint density at radius 2 is 1.89 bits per heavy atom. The highest BCUT2D eigenvalue weighted by Gasteiger charge is 2.45. The molecule has 102 valence electrons. The van der Waals surface area contributed by atoms with E-state index in [-0.39, 0.29) is 6.03 Å². The van der Waals surface area contributed by atoms with Gasteiger partial charge in [-0.15, -0.1) is 0 Å². The van der Waals surface area contributed by atoms with Gasteiger partial charge in [0.25, 0.3) is 0 Å². The van der Waals surface area contributed by atoms with Crippen molar-refractivity contribution in [2.75, 3.05) is 32.1 Å². The molecule has 2 aliphatic rings. The molecule has 0 radical (unpaired) electrons. The smallest absolute Gasteiger partial charge is 0.319 e. The second kappa shape index (κ2) is 4.68. The van der Waals surface area contributed by atoms with Crippen LogP contribution in [-0.4, -0.2) is 65.1 Å². The summed E-state index contributed by atoms with van der Waals surface area (Å²) in [4.78, 5) is 26.7. The van der Waals surface area contributed by atoms with E-state index in [4.69, 9.17) is 0 Å². The Morgan fingerprint density at radius 3 is 2.58 bits per heavy atom. The van der Waals surface area contributed by atoms with Crippen LogP contribution in [-0.2, 0) is 0 Å². The Bertz CT molecular complexity index is 463. The van der Waals surface area contributed by atoms with E-state index in [1.807, 2.05) is 25.1 Å². The molecule has 2 fully saturated rings. The lowest BCUT2D eigenvalue weighted by atomic mass is 10.1. The molecule has 0 saturated carbocycles. The SMILES string of the molecule is CN(C)C(=O)N1CC[C@H]2[C@H]1CCN2c1ncccn1. The Balaban J connectivity index is 1.77. The molecule has 0 aliphatic carbocycles. The van der Waals surface area contributed by atoms with Crippen molar-refractivity contribution < 1.29 is 4.79 Å². The number of hydrogen-bond donors (Lipinski definition) is 0. The van der Waals surface area contributed by atoms with Gasteiger partial charge in [-0.2, -0.15) is 0 Å². The van der Waals surface area contributed by atoms with Gasteiger partial charge in [-0.05, 0) is 18.9 Å². The summed E-state index contributed by atoms with van der Waals surface area (Å²) in [6.07, 6.45) is 5.55. The highest BCUT2D eigenvalue weighted by molar-refractivity contribution is 5.75. The van der Waals surface area contributed by atoms with Crippen molar-refractivity contribution in [2.45, 2.75) is 24.9 Å². The van der Waals surface area contributed by atoms with Gasteiger partial charge in [-0.1, -0.05) is 0 Å². The lowest BCUT2D eigenvalue weighted by Gasteiger charge is -2.27. The number of amides is 2. The Morgan fingerprint density at radius 1 is 1.21 bits per heavy atom. The van der Waals surface area contributed by atoms with Crippen molar-refractivity contribution in [3.8, 4) is 0 Å². The number of rotatable bonds is 1. The minimum Gasteiger partial charge on any atom is -0.336 e. The van der Waals surface area contributed by atoms with Gasteiger partial charge in [0.1, 0.15) is 0 Å². The van der Waals surface area contributed by atoms with Crippen LogP contribution in [0.15, 0.2) is 18.5 Å². The maximum absolute atomic E-state index is 12.1. The maximum atomic E-state index is 12.1. The molecule has 2 aliphatic heterocycles. The van der Waals surface area contributed by atoms with Gasteiger partial charge in [0.05, 0.1) is 12.1 Å². The van der Waals surface area contributed by atoms with Gasteiger partial charge in [0.2, 0.25) is 5.95 Å². The second-order valence-electron chi connectivity index (χ2n) is 5.32. The first-order valence-electron chi connectivity index (χ1n) is 6.70. The number of hydrogen-bond acceptors (Lipinski definition) is 4. The van der Waals surface area contributed by atoms with E-state index >= 15 is 0 Å². The molecule has 2 atom stereocenters. The third-order valence-corrected chi connectivity index (χ3v) is 4.01. The Labute approximate surface area is 113 Å². The molecule has 1 aromatic heterocycles. The van der Waals surface area contributed by atoms with Crippen LogP contribution in [0.1, 0.15) is 12.8 Å². The van der Waals surface area contributed by atoms with Crippen molar-refractivity contribution in [2.24, 2.45) is 0 Å². The van der Waals surface area contributed by atoms with Gasteiger partial charge in [-0.25, -0.2) is 14.8 Å². The number of carbonyl (C=O) groups excluding carboxylic acids is 1. The minimum atomic E-state index is 0.114. The number of urea groups is 1. The first-order chi connectivity index (χ1) is 9.18. The molecule has 6 heteroatoms. The van der Waals surface area contributed by atoms with E-state index in [1.165, 1.54) is 0 Å². The predicted octanol–water partition coefficient (Wildman–Crippen LogP) is 0.811. The molecule has 0 N–H and O–H groups in total. The van der Waals surface area contributed by atoms with Crippen LogP contribution in [0.2, 0.25) is 0 Å². The average Bonchev–Trinajstić information content (AvgIpc) is 2.99. The van der Waals surface area contributed by atoms with Crippen molar-refractivity contribution >= 4 is 12.0 Å². The van der Waals surface area contributed by atoms with Gasteiger partial charge >= 0.3 is 6.03 Å². The van der Waals surface area contributed by atoms with Gasteiger partial charge in [0.15, 0.2) is 0 Å². The summed E-state index contributed by atoms with van der Waals surface area (Å²) in [7, 11) is 3.62. The summed E-state index contributed by atoms with van der Waals surface area (Å²) < 4.78 is 0. The lowest BCUT2D eigenvalue weighted by Crippen LogP contribution is -2.44. The van der Waals surface area contributed by atoms with E-state index in [0.717, 1.165) is 31.9 Å². The molecule has 0 aromatic carbocycles. The van der Waals surface area contributed by atoms with E-state index in [0.29, 0.717) is 12.1 Å². The molecule has 2 saturated heterocycles. The molecule has 0 unspecified atom stereocenters. The zero-order chi connectivity index (χ0) is 13.4. The summed E-state index contributed by atoms with van der Waals surface area (Å²) in [5.41, 5.74) is 0. The summed E-state index contributed by atoms with van der Waals surface area (Å²) in [6.45, 7) is 1.76. The normalized spacial score (nSPS) is 25.6. The molecule has 0 bridgehead atoms. The van der Waals surface area contributed by atoms with E-state index in [1.54, 1.807) is 17.3 Å². The molecule has 6 nitrogen and oxygen atoms in total. The first kappa shape index (κ1) is 12.2. The number of carbonyl (C=O) groups is 1. The van der Waals surface area contributed by atoms with Crippen molar-refractivity contribution in [3.05, 3.63) is 18.5 Å². The summed E-state index contributed by atoms with van der Waals surface area (Å²) in [5.74, 6) is 0.786. The Kier molecular flexibility index (Phi) is 3.00. The Hall–Kier alpha value is -1.85. The van der Waals surface area contributed by atoms with Crippen LogP contribution < -0.4 is 4.90 Å². The predicted molar refractivity (Wildman–Crippen MR) is 72.0 cm³/mol. The average molecular weight is 261 g/mol. The zero-order valence-corrected chi connectivity index (χ0v) is 11.4. The van der Waals surface area contributed by atoms with E-state index in [9.17, 15) is 4.79 Å². The van der Waals surface area contributed by atoms with Crippen molar-refractivity contribution in [1.82, 2.24) is 19.8 Å². The highest BCUT2D eigenvalue weighted by Crippen LogP contribution is 2.33. The van der Waals surface area contributed by atoms with Crippen LogP contribution in [0, 0.1) is 0 Å². The third kappa shape index (κ3) is 2.01. The first-order valence-corrected chi connectivity index (χ1v) is 6.70. The van der Waals surface area contributed by atoms with E-state index in [2.05, 4.69) is 14.9 Å². The van der Waals surface area contributed by atoms with Crippen LogP contribution in [0.25, 0.3) is 0 Å². The maximum Gasteiger partial charge on any atom is 0.319 e. The van der Waals surface area contributed by atoms with Crippen molar-refractivity contribution in [1.29, 1.82) is 0 Å². The fourth-order valence-electron chi connectivity index (χ4n) is 3.17. The summed E-state index contributed by atoms with van der Waals surface area (Å²) in [5, 5.41) is 0. The fraction of sp³-hybridized carbons (Fsp3) is 0.615. The standard InChI is InChI=1S/C13H19N5O/c1-16(2)13(19)18-9-5-10-11(18)4-8-17(10)12-14-6-3-7-15-12/h3,6-7,10-11H,4-5,8-9H2,1-2H3/t10-,11+/m0/s1. The van der Waals surface area contributed by atoms with Gasteiger partial charge < -0.3 is 14.7 Å². The van der Waals surface area contributed by atoms with Crippen LogP contribution in [0.3, 0.4) is 0 Å². The molecule has 3 rings (SSSR count). The fourth-order valence-corrected chi connectivity index (χ4v) is 3.17. The quantitative estimate of drug-likeness (QED) is 0.751. The molecular weight excluding hydrogens is 242 g/mol. The minimum absolute atomic E-state index is 0.114. The van der Waals surface area contributed by atoms with Gasteiger partial charge in [-0.3, -0.25) is 0 Å². The number of anilines is 1. The highest BCUT2D eigenvalue weighted by atomic mass is 16.2. The molecule has 3 heterocycles. The van der Waals surface area contributed by atoms with Gasteiger partial charge in [0, 0.05) is 39.6 Å². The lowest BCUT2D eigenvalue weighted by molar-refractivity contribution is 0.166. The molecule has 1 aromatic rings. The van der Waals surface area contributed by atoms with Crippen LogP contribution in [0.4, 0.5) is 10.7 Å². The monoisotopic (exact) mass is 261 g/mol. The largest absolute Gasteiger partial charge is 0.336 e. The van der Waals surface area contributed by atoms with Crippen LogP contribution in [0.5, 0.6) is 0 Å². The number of nitrogens with zero attached hydrogens (tertiary/aromatic N) is 5. The number of likely N-dealkylation sites (tertiary alicyclic amines) is 1. The molecule has 2 amide bonds. The van der Waals surface area contributed by atoms with E-state index < -0.39 is 0 Å². The second-order valence-corrected chi connectivity index (χ2v) is 5.32.